The van der Waals surface area contributed by atoms with E-state index in [1.54, 1.807) is 0 Å². The zero-order valence-corrected chi connectivity index (χ0v) is 12.7. The molecule has 0 spiro atoms. The van der Waals surface area contributed by atoms with Crippen molar-refractivity contribution in [3.05, 3.63) is 23.2 Å². The van der Waals surface area contributed by atoms with Gasteiger partial charge in [0.1, 0.15) is 11.5 Å². The summed E-state index contributed by atoms with van der Waals surface area (Å²) in [6, 6.07) is 2.11. The van der Waals surface area contributed by atoms with Crippen molar-refractivity contribution in [1.82, 2.24) is 5.32 Å². The minimum absolute atomic E-state index is 0.424. The van der Waals surface area contributed by atoms with Crippen LogP contribution >= 0.6 is 0 Å². The molecule has 1 aromatic rings. The van der Waals surface area contributed by atoms with Crippen LogP contribution in [0, 0.1) is 18.8 Å². The third-order valence-electron chi connectivity index (χ3n) is 4.45. The first-order valence-electron chi connectivity index (χ1n) is 7.44. The van der Waals surface area contributed by atoms with Crippen molar-refractivity contribution >= 4 is 0 Å². The van der Waals surface area contributed by atoms with Crippen molar-refractivity contribution in [2.45, 2.75) is 59.3 Å². The van der Waals surface area contributed by atoms with Crippen LogP contribution in [-0.2, 0) is 17.9 Å². The molecule has 1 aliphatic carbocycles. The quantitative estimate of drug-likeness (QED) is 0.882. The Morgan fingerprint density at radius 1 is 1.32 bits per heavy atom. The van der Waals surface area contributed by atoms with E-state index in [9.17, 15) is 0 Å². The highest BCUT2D eigenvalue weighted by Crippen LogP contribution is 2.31. The topological polar surface area (TPSA) is 34.4 Å². The summed E-state index contributed by atoms with van der Waals surface area (Å²) < 4.78 is 11.8. The van der Waals surface area contributed by atoms with Crippen LogP contribution in [0.2, 0.25) is 0 Å². The van der Waals surface area contributed by atoms with Gasteiger partial charge in [-0.3, -0.25) is 0 Å². The largest absolute Gasteiger partial charge is 0.465 e. The van der Waals surface area contributed by atoms with Crippen LogP contribution in [0.15, 0.2) is 10.5 Å². The van der Waals surface area contributed by atoms with Gasteiger partial charge in [-0.2, -0.15) is 0 Å². The predicted molar refractivity (Wildman–Crippen MR) is 77.0 cm³/mol. The van der Waals surface area contributed by atoms with E-state index < -0.39 is 0 Å². The normalized spacial score (nSPS) is 27.7. The number of hydrogen-bond acceptors (Lipinski definition) is 3. The van der Waals surface area contributed by atoms with Gasteiger partial charge in [-0.1, -0.05) is 13.8 Å². The lowest BCUT2D eigenvalue weighted by Crippen LogP contribution is -2.26. The Balaban J connectivity index is 1.85. The third kappa shape index (κ3) is 3.83. The van der Waals surface area contributed by atoms with Gasteiger partial charge in [0.2, 0.25) is 0 Å². The van der Waals surface area contributed by atoms with E-state index >= 15 is 0 Å². The molecule has 1 heterocycles. The maximum atomic E-state index is 6.08. The van der Waals surface area contributed by atoms with Crippen LogP contribution in [0.5, 0.6) is 0 Å². The first-order valence-corrected chi connectivity index (χ1v) is 7.44. The van der Waals surface area contributed by atoms with Gasteiger partial charge in [-0.05, 0) is 51.1 Å². The molecule has 1 saturated carbocycles. The molecule has 1 fully saturated rings. The summed E-state index contributed by atoms with van der Waals surface area (Å²) in [6.45, 7) is 8.17. The summed E-state index contributed by atoms with van der Waals surface area (Å²) in [4.78, 5) is 0. The summed E-state index contributed by atoms with van der Waals surface area (Å²) in [5.41, 5.74) is 1.19. The molecule has 0 aliphatic heterocycles. The van der Waals surface area contributed by atoms with E-state index in [2.05, 4.69) is 25.2 Å². The van der Waals surface area contributed by atoms with Gasteiger partial charge in [0, 0.05) is 5.56 Å². The van der Waals surface area contributed by atoms with Crippen LogP contribution in [-0.4, -0.2) is 13.2 Å². The lowest BCUT2D eigenvalue weighted by atomic mass is 9.80. The van der Waals surface area contributed by atoms with Gasteiger partial charge in [-0.25, -0.2) is 0 Å². The van der Waals surface area contributed by atoms with Crippen molar-refractivity contribution in [3.63, 3.8) is 0 Å². The SMILES string of the molecule is CNCc1cc(COC2CCC(C)C(C)C2)c(C)o1. The van der Waals surface area contributed by atoms with Crippen molar-refractivity contribution in [1.29, 1.82) is 0 Å². The van der Waals surface area contributed by atoms with Crippen molar-refractivity contribution in [2.75, 3.05) is 7.05 Å². The van der Waals surface area contributed by atoms with E-state index in [-0.39, 0.29) is 0 Å². The Labute approximate surface area is 116 Å². The fourth-order valence-electron chi connectivity index (χ4n) is 2.85. The molecule has 0 radical (unpaired) electrons. The van der Waals surface area contributed by atoms with Crippen LogP contribution in [0.1, 0.15) is 50.2 Å². The smallest absolute Gasteiger partial charge is 0.118 e. The van der Waals surface area contributed by atoms with Gasteiger partial charge in [0.25, 0.3) is 0 Å². The Bertz CT molecular complexity index is 399. The molecule has 2 rings (SSSR count). The summed E-state index contributed by atoms with van der Waals surface area (Å²) in [7, 11) is 1.93. The standard InChI is InChI=1S/C16H27NO2/c1-11-5-6-15(7-12(11)2)18-10-14-8-16(9-17-4)19-13(14)3/h8,11-12,15,17H,5-7,9-10H2,1-4H3. The summed E-state index contributed by atoms with van der Waals surface area (Å²) in [5, 5.41) is 3.11. The molecule has 1 aliphatic rings. The number of ether oxygens (including phenoxy) is 1. The molecule has 1 aromatic heterocycles. The van der Waals surface area contributed by atoms with E-state index in [0.29, 0.717) is 12.7 Å². The average molecular weight is 265 g/mol. The summed E-state index contributed by atoms with van der Waals surface area (Å²) in [5.74, 6) is 3.61. The summed E-state index contributed by atoms with van der Waals surface area (Å²) >= 11 is 0. The molecule has 3 heteroatoms. The lowest BCUT2D eigenvalue weighted by Gasteiger charge is -2.31. The molecule has 19 heavy (non-hydrogen) atoms. The lowest BCUT2D eigenvalue weighted by molar-refractivity contribution is -0.00784. The number of aryl methyl sites for hydroxylation is 1. The highest BCUT2D eigenvalue weighted by molar-refractivity contribution is 5.19. The molecule has 108 valence electrons. The molecule has 1 N–H and O–H groups in total. The van der Waals surface area contributed by atoms with Crippen LogP contribution in [0.3, 0.4) is 0 Å². The monoisotopic (exact) mass is 265 g/mol. The maximum absolute atomic E-state index is 6.08. The minimum atomic E-state index is 0.424. The Morgan fingerprint density at radius 2 is 2.11 bits per heavy atom. The zero-order valence-electron chi connectivity index (χ0n) is 12.7. The van der Waals surface area contributed by atoms with E-state index in [1.165, 1.54) is 24.8 Å². The first-order chi connectivity index (χ1) is 9.10. The molecule has 3 unspecified atom stereocenters. The average Bonchev–Trinajstić information content (AvgIpc) is 2.72. The Hall–Kier alpha value is -0.800. The fraction of sp³-hybridized carbons (Fsp3) is 0.750. The highest BCUT2D eigenvalue weighted by atomic mass is 16.5. The Kier molecular flexibility index (Phi) is 5.06. The molecule has 0 amide bonds. The molecule has 0 bridgehead atoms. The van der Waals surface area contributed by atoms with Crippen molar-refractivity contribution in [3.8, 4) is 0 Å². The van der Waals surface area contributed by atoms with Crippen molar-refractivity contribution in [2.24, 2.45) is 11.8 Å². The second-order valence-electron chi connectivity index (χ2n) is 6.03. The molecule has 0 aromatic carbocycles. The van der Waals surface area contributed by atoms with E-state index in [0.717, 1.165) is 29.9 Å². The van der Waals surface area contributed by atoms with Gasteiger partial charge >= 0.3 is 0 Å². The Morgan fingerprint density at radius 3 is 2.79 bits per heavy atom. The minimum Gasteiger partial charge on any atom is -0.465 e. The first kappa shape index (κ1) is 14.6. The van der Waals surface area contributed by atoms with Gasteiger partial charge in [0.15, 0.2) is 0 Å². The van der Waals surface area contributed by atoms with E-state index in [4.69, 9.17) is 9.15 Å². The highest BCUT2D eigenvalue weighted by Gasteiger charge is 2.25. The molecule has 3 nitrogen and oxygen atoms in total. The van der Waals surface area contributed by atoms with Crippen molar-refractivity contribution < 1.29 is 9.15 Å². The maximum Gasteiger partial charge on any atom is 0.118 e. The van der Waals surface area contributed by atoms with Crippen LogP contribution < -0.4 is 5.32 Å². The molecule has 3 atom stereocenters. The number of nitrogens with one attached hydrogen (secondary N) is 1. The van der Waals surface area contributed by atoms with Gasteiger partial charge in [0.05, 0.1) is 19.3 Å². The third-order valence-corrected chi connectivity index (χ3v) is 4.45. The number of rotatable bonds is 5. The summed E-state index contributed by atoms with van der Waals surface area (Å²) in [6.07, 6.45) is 4.11. The van der Waals surface area contributed by atoms with Crippen LogP contribution in [0.25, 0.3) is 0 Å². The van der Waals surface area contributed by atoms with E-state index in [1.807, 2.05) is 14.0 Å². The van der Waals surface area contributed by atoms with Gasteiger partial charge < -0.3 is 14.5 Å². The number of hydrogen-bond donors (Lipinski definition) is 1. The van der Waals surface area contributed by atoms with Gasteiger partial charge in [-0.15, -0.1) is 0 Å². The molecular formula is C16H27NO2. The predicted octanol–water partition coefficient (Wildman–Crippen LogP) is 3.65. The van der Waals surface area contributed by atoms with Crippen LogP contribution in [0.4, 0.5) is 0 Å². The molecular weight excluding hydrogens is 238 g/mol. The fourth-order valence-corrected chi connectivity index (χ4v) is 2.85. The molecule has 0 saturated heterocycles. The second kappa shape index (κ2) is 6.58. The zero-order chi connectivity index (χ0) is 13.8. The number of furan rings is 1. The second-order valence-corrected chi connectivity index (χ2v) is 6.03.